The van der Waals surface area contributed by atoms with Gasteiger partial charge in [-0.25, -0.2) is 12.8 Å². The van der Waals surface area contributed by atoms with E-state index < -0.39 is 15.8 Å². The summed E-state index contributed by atoms with van der Waals surface area (Å²) < 4.78 is 40.3. The number of hydrogen-bond acceptors (Lipinski definition) is 3. The van der Waals surface area contributed by atoms with E-state index in [1.54, 1.807) is 25.1 Å². The highest BCUT2D eigenvalue weighted by atomic mass is 32.2. The number of anilines is 2. The molecule has 0 saturated carbocycles. The number of hydrogen-bond donors (Lipinski definition) is 2. The number of aryl methyl sites for hydroxylation is 2. The molecule has 6 heteroatoms. The lowest BCUT2D eigenvalue weighted by Crippen LogP contribution is -2.14. The maximum atomic E-state index is 13.3. The van der Waals surface area contributed by atoms with Crippen LogP contribution in [0.25, 0.3) is 0 Å². The average molecular weight is 308 g/mol. The molecule has 0 radical (unpaired) electrons. The number of nitrogens with one attached hydrogen (secondary N) is 1. The summed E-state index contributed by atoms with van der Waals surface area (Å²) in [6, 6.07) is 8.63. The molecule has 0 spiro atoms. The van der Waals surface area contributed by atoms with E-state index in [0.717, 1.165) is 18.1 Å². The lowest BCUT2D eigenvalue weighted by Gasteiger charge is -2.12. The van der Waals surface area contributed by atoms with E-state index in [-0.39, 0.29) is 4.90 Å². The predicted octanol–water partition coefficient (Wildman–Crippen LogP) is 3.08. The van der Waals surface area contributed by atoms with Crippen LogP contribution in [0.1, 0.15) is 18.1 Å². The Balaban J connectivity index is 2.37. The zero-order valence-electron chi connectivity index (χ0n) is 11.9. The summed E-state index contributed by atoms with van der Waals surface area (Å²) in [6.45, 7) is 3.58. The largest absolute Gasteiger partial charge is 0.398 e. The highest BCUT2D eigenvalue weighted by Gasteiger charge is 2.18. The monoisotopic (exact) mass is 308 g/mol. The molecule has 2 rings (SSSR count). The van der Waals surface area contributed by atoms with Crippen molar-refractivity contribution in [3.8, 4) is 0 Å². The van der Waals surface area contributed by atoms with Gasteiger partial charge >= 0.3 is 0 Å². The van der Waals surface area contributed by atoms with E-state index in [9.17, 15) is 12.8 Å². The molecule has 4 nitrogen and oxygen atoms in total. The van der Waals surface area contributed by atoms with Crippen molar-refractivity contribution in [1.82, 2.24) is 0 Å². The molecule has 112 valence electrons. The smallest absolute Gasteiger partial charge is 0.262 e. The van der Waals surface area contributed by atoms with Gasteiger partial charge in [-0.3, -0.25) is 4.72 Å². The van der Waals surface area contributed by atoms with Gasteiger partial charge in [-0.1, -0.05) is 19.1 Å². The Morgan fingerprint density at radius 3 is 2.52 bits per heavy atom. The lowest BCUT2D eigenvalue weighted by atomic mass is 10.1. The molecule has 2 aromatic carbocycles. The minimum absolute atomic E-state index is 0.0827. The third-order valence-corrected chi connectivity index (χ3v) is 4.74. The number of sulfonamides is 1. The Labute approximate surface area is 123 Å². The Bertz CT molecular complexity index is 773. The normalized spacial score (nSPS) is 11.4. The first-order valence-corrected chi connectivity index (χ1v) is 7.99. The summed E-state index contributed by atoms with van der Waals surface area (Å²) in [5.74, 6) is -0.596. The Morgan fingerprint density at radius 1 is 1.19 bits per heavy atom. The third kappa shape index (κ3) is 3.33. The second-order valence-corrected chi connectivity index (χ2v) is 6.43. The van der Waals surface area contributed by atoms with Gasteiger partial charge in [0.2, 0.25) is 0 Å². The van der Waals surface area contributed by atoms with Gasteiger partial charge in [-0.05, 0) is 48.7 Å². The second-order valence-electron chi connectivity index (χ2n) is 4.78. The van der Waals surface area contributed by atoms with Crippen LogP contribution in [0.3, 0.4) is 0 Å². The molecule has 0 unspecified atom stereocenters. The highest BCUT2D eigenvalue weighted by molar-refractivity contribution is 7.92. The molecule has 0 atom stereocenters. The van der Waals surface area contributed by atoms with Crippen molar-refractivity contribution < 1.29 is 12.8 Å². The van der Waals surface area contributed by atoms with Gasteiger partial charge in [0, 0.05) is 5.69 Å². The van der Waals surface area contributed by atoms with E-state index in [1.165, 1.54) is 12.1 Å². The fourth-order valence-electron chi connectivity index (χ4n) is 2.05. The van der Waals surface area contributed by atoms with Crippen LogP contribution in [-0.4, -0.2) is 8.42 Å². The molecular formula is C15H17FN2O2S. The number of rotatable bonds is 4. The molecule has 21 heavy (non-hydrogen) atoms. The first-order valence-electron chi connectivity index (χ1n) is 6.51. The van der Waals surface area contributed by atoms with Crippen molar-refractivity contribution in [1.29, 1.82) is 0 Å². The van der Waals surface area contributed by atoms with Crippen LogP contribution >= 0.6 is 0 Å². The topological polar surface area (TPSA) is 72.2 Å². The van der Waals surface area contributed by atoms with Gasteiger partial charge in [0.15, 0.2) is 0 Å². The van der Waals surface area contributed by atoms with Crippen molar-refractivity contribution >= 4 is 21.4 Å². The molecule has 0 amide bonds. The van der Waals surface area contributed by atoms with Gasteiger partial charge in [0.1, 0.15) is 5.82 Å². The summed E-state index contributed by atoms with van der Waals surface area (Å²) >= 11 is 0. The van der Waals surface area contributed by atoms with Gasteiger partial charge in [-0.2, -0.15) is 0 Å². The Kier molecular flexibility index (Phi) is 4.18. The van der Waals surface area contributed by atoms with Crippen LogP contribution in [0.15, 0.2) is 41.3 Å². The fourth-order valence-corrected chi connectivity index (χ4v) is 3.36. The number of halogens is 1. The van der Waals surface area contributed by atoms with Crippen LogP contribution in [0.2, 0.25) is 0 Å². The van der Waals surface area contributed by atoms with Crippen LogP contribution in [0.4, 0.5) is 15.8 Å². The number of nitrogens with two attached hydrogens (primary N) is 1. The molecule has 2 aromatic rings. The first-order chi connectivity index (χ1) is 9.83. The lowest BCUT2D eigenvalue weighted by molar-refractivity contribution is 0.594. The van der Waals surface area contributed by atoms with Gasteiger partial charge in [0.25, 0.3) is 10.0 Å². The van der Waals surface area contributed by atoms with E-state index in [1.807, 2.05) is 6.92 Å². The predicted molar refractivity (Wildman–Crippen MR) is 82.2 cm³/mol. The number of nitrogen functional groups attached to an aromatic ring is 1. The molecule has 0 heterocycles. The van der Waals surface area contributed by atoms with Crippen LogP contribution < -0.4 is 10.5 Å². The first kappa shape index (κ1) is 15.3. The molecule has 0 aromatic heterocycles. The molecular weight excluding hydrogens is 291 g/mol. The number of benzene rings is 2. The SMILES string of the molecule is CCc1ccc(NS(=O)(=O)c2cc(F)ccc2C)cc1N. The van der Waals surface area contributed by atoms with Crippen molar-refractivity contribution in [2.75, 3.05) is 10.5 Å². The van der Waals surface area contributed by atoms with Crippen molar-refractivity contribution in [2.45, 2.75) is 25.2 Å². The quantitative estimate of drug-likeness (QED) is 0.853. The minimum Gasteiger partial charge on any atom is -0.398 e. The molecule has 0 fully saturated rings. The molecule has 0 bridgehead atoms. The molecule has 3 N–H and O–H groups in total. The second kappa shape index (κ2) is 5.73. The van der Waals surface area contributed by atoms with Crippen molar-refractivity contribution in [3.05, 3.63) is 53.3 Å². The maximum Gasteiger partial charge on any atom is 0.262 e. The van der Waals surface area contributed by atoms with E-state index >= 15 is 0 Å². The summed E-state index contributed by atoms with van der Waals surface area (Å²) in [6.07, 6.45) is 0.766. The zero-order chi connectivity index (χ0) is 15.6. The van der Waals surface area contributed by atoms with E-state index in [2.05, 4.69) is 4.72 Å². The molecule has 0 saturated heterocycles. The maximum absolute atomic E-state index is 13.3. The molecule has 0 aliphatic heterocycles. The molecule has 0 aliphatic carbocycles. The summed E-state index contributed by atoms with van der Waals surface area (Å²) in [7, 11) is -3.85. The van der Waals surface area contributed by atoms with Crippen LogP contribution in [0.5, 0.6) is 0 Å². The van der Waals surface area contributed by atoms with Gasteiger partial charge in [-0.15, -0.1) is 0 Å². The summed E-state index contributed by atoms with van der Waals surface area (Å²) in [5.41, 5.74) is 8.14. The molecule has 0 aliphatic rings. The third-order valence-electron chi connectivity index (χ3n) is 3.22. The minimum atomic E-state index is -3.85. The van der Waals surface area contributed by atoms with Crippen LogP contribution in [0, 0.1) is 12.7 Å². The standard InChI is InChI=1S/C15H17FN2O2S/c1-3-11-5-7-13(9-14(11)17)18-21(19,20)15-8-12(16)6-4-10(15)2/h4-9,18H,3,17H2,1-2H3. The van der Waals surface area contributed by atoms with Crippen molar-refractivity contribution in [3.63, 3.8) is 0 Å². The summed E-state index contributed by atoms with van der Waals surface area (Å²) in [5, 5.41) is 0. The average Bonchev–Trinajstić information content (AvgIpc) is 2.41. The van der Waals surface area contributed by atoms with Crippen LogP contribution in [-0.2, 0) is 16.4 Å². The Hall–Kier alpha value is -2.08. The fraction of sp³-hybridized carbons (Fsp3) is 0.200. The summed E-state index contributed by atoms with van der Waals surface area (Å²) in [4.78, 5) is -0.0827. The van der Waals surface area contributed by atoms with E-state index in [0.29, 0.717) is 16.9 Å². The van der Waals surface area contributed by atoms with E-state index in [4.69, 9.17) is 5.73 Å². The Morgan fingerprint density at radius 2 is 1.90 bits per heavy atom. The van der Waals surface area contributed by atoms with Crippen molar-refractivity contribution in [2.24, 2.45) is 0 Å². The zero-order valence-corrected chi connectivity index (χ0v) is 12.7. The van der Waals surface area contributed by atoms with Gasteiger partial charge in [0.05, 0.1) is 10.6 Å². The highest BCUT2D eigenvalue weighted by Crippen LogP contribution is 2.23. The van der Waals surface area contributed by atoms with Gasteiger partial charge < -0.3 is 5.73 Å².